The average molecular weight is 424 g/mol. The Morgan fingerprint density at radius 2 is 2.00 bits per heavy atom. The summed E-state index contributed by atoms with van der Waals surface area (Å²) in [7, 11) is 0. The number of aromatic nitrogens is 1. The molecule has 2 aromatic carbocycles. The van der Waals surface area contributed by atoms with E-state index in [1.165, 1.54) is 22.3 Å². The highest BCUT2D eigenvalue weighted by molar-refractivity contribution is 5.90. The van der Waals surface area contributed by atoms with E-state index in [0.717, 1.165) is 37.9 Å². The molecule has 0 unspecified atom stereocenters. The fraction of sp³-hybridized carbons (Fsp3) is 0.357. The molecule has 4 nitrogen and oxygen atoms in total. The maximum absolute atomic E-state index is 13.8. The van der Waals surface area contributed by atoms with Crippen LogP contribution in [0.25, 0.3) is 11.1 Å². The summed E-state index contributed by atoms with van der Waals surface area (Å²) >= 11 is 0. The average Bonchev–Trinajstić information content (AvgIpc) is 3.45. The van der Waals surface area contributed by atoms with Gasteiger partial charge in [0.1, 0.15) is 5.54 Å². The summed E-state index contributed by atoms with van der Waals surface area (Å²) in [6.45, 7) is 4.72. The summed E-state index contributed by atoms with van der Waals surface area (Å²) in [5.74, 6) is 0.739. The number of hydrogen-bond donors (Lipinski definition) is 0. The van der Waals surface area contributed by atoms with Crippen LogP contribution in [-0.2, 0) is 11.3 Å². The SMILES string of the molecule is Cc1ccccc1-c1cccc([C@@H]2C[C@H]3CN(Cc4cccnc4)C(=O)[C@]34CCCN24)c1. The number of carbonyl (C=O) groups is 1. The van der Waals surface area contributed by atoms with Gasteiger partial charge in [0.15, 0.2) is 0 Å². The van der Waals surface area contributed by atoms with Gasteiger partial charge in [-0.1, -0.05) is 48.5 Å². The lowest BCUT2D eigenvalue weighted by Crippen LogP contribution is -2.49. The molecular weight excluding hydrogens is 394 g/mol. The highest BCUT2D eigenvalue weighted by Crippen LogP contribution is 2.56. The molecule has 0 N–H and O–H groups in total. The van der Waals surface area contributed by atoms with Gasteiger partial charge in [0.05, 0.1) is 0 Å². The number of pyridine rings is 1. The fourth-order valence-electron chi connectivity index (χ4n) is 6.55. The highest BCUT2D eigenvalue weighted by atomic mass is 16.2. The van der Waals surface area contributed by atoms with Gasteiger partial charge in [-0.25, -0.2) is 0 Å². The molecule has 1 aromatic heterocycles. The largest absolute Gasteiger partial charge is 0.336 e. The van der Waals surface area contributed by atoms with E-state index in [1.54, 1.807) is 6.20 Å². The number of aryl methyl sites for hydroxylation is 1. The standard InChI is InChI=1S/C28H29N3O/c1-20-7-2-3-11-25(20)22-9-4-10-23(15-22)26-16-24-19-30(18-21-8-5-13-29-17-21)27(32)28(24)12-6-14-31(26)28/h2-5,7-11,13,15,17,24,26H,6,12,14,16,18-19H2,1H3/t24-,26-,28-/m0/s1. The Hall–Kier alpha value is -2.98. The Kier molecular flexibility index (Phi) is 4.65. The zero-order valence-corrected chi connectivity index (χ0v) is 18.6. The van der Waals surface area contributed by atoms with Gasteiger partial charge in [-0.3, -0.25) is 14.7 Å². The first-order valence-corrected chi connectivity index (χ1v) is 11.8. The topological polar surface area (TPSA) is 36.4 Å². The van der Waals surface area contributed by atoms with Crippen LogP contribution in [0.2, 0.25) is 0 Å². The van der Waals surface area contributed by atoms with Gasteiger partial charge in [-0.05, 0) is 72.7 Å². The van der Waals surface area contributed by atoms with Crippen LogP contribution in [0.3, 0.4) is 0 Å². The van der Waals surface area contributed by atoms with Crippen LogP contribution in [-0.4, -0.2) is 39.3 Å². The van der Waals surface area contributed by atoms with Gasteiger partial charge >= 0.3 is 0 Å². The Labute approximate surface area is 189 Å². The lowest BCUT2D eigenvalue weighted by molar-refractivity contribution is -0.137. The van der Waals surface area contributed by atoms with Crippen LogP contribution < -0.4 is 0 Å². The van der Waals surface area contributed by atoms with Crippen molar-refractivity contribution in [3.63, 3.8) is 0 Å². The lowest BCUT2D eigenvalue weighted by Gasteiger charge is -2.34. The van der Waals surface area contributed by atoms with Gasteiger partial charge in [-0.2, -0.15) is 0 Å². The summed E-state index contributed by atoms with van der Waals surface area (Å²) in [5, 5.41) is 0. The van der Waals surface area contributed by atoms with E-state index < -0.39 is 0 Å². The predicted molar refractivity (Wildman–Crippen MR) is 126 cm³/mol. The number of benzene rings is 2. The molecule has 32 heavy (non-hydrogen) atoms. The van der Waals surface area contributed by atoms with E-state index in [9.17, 15) is 4.79 Å². The van der Waals surface area contributed by atoms with Crippen LogP contribution in [0.4, 0.5) is 0 Å². The second kappa shape index (κ2) is 7.56. The number of hydrogen-bond acceptors (Lipinski definition) is 3. The molecule has 4 heteroatoms. The number of amides is 1. The maximum Gasteiger partial charge on any atom is 0.243 e. The van der Waals surface area contributed by atoms with E-state index in [4.69, 9.17) is 0 Å². The number of carbonyl (C=O) groups excluding carboxylic acids is 1. The summed E-state index contributed by atoms with van der Waals surface area (Å²) < 4.78 is 0. The molecule has 3 aromatic rings. The molecule has 1 amide bonds. The Morgan fingerprint density at radius 1 is 1.09 bits per heavy atom. The zero-order valence-electron chi connectivity index (χ0n) is 18.6. The van der Waals surface area contributed by atoms with E-state index in [1.807, 2.05) is 12.3 Å². The van der Waals surface area contributed by atoms with Crippen molar-refractivity contribution < 1.29 is 4.79 Å². The van der Waals surface area contributed by atoms with Crippen LogP contribution in [0.15, 0.2) is 73.1 Å². The van der Waals surface area contributed by atoms with Crippen molar-refractivity contribution in [2.24, 2.45) is 5.92 Å². The lowest BCUT2D eigenvalue weighted by atomic mass is 9.85. The van der Waals surface area contributed by atoms with E-state index in [-0.39, 0.29) is 5.54 Å². The van der Waals surface area contributed by atoms with Gasteiger partial charge in [0, 0.05) is 37.4 Å². The van der Waals surface area contributed by atoms with Crippen molar-refractivity contribution in [2.45, 2.75) is 44.3 Å². The van der Waals surface area contributed by atoms with Crippen molar-refractivity contribution >= 4 is 5.91 Å². The molecule has 3 saturated heterocycles. The third-order valence-corrected chi connectivity index (χ3v) is 7.95. The highest BCUT2D eigenvalue weighted by Gasteiger charge is 2.65. The van der Waals surface area contributed by atoms with Crippen LogP contribution in [0.1, 0.15) is 42.0 Å². The minimum absolute atomic E-state index is 0.300. The normalized spacial score (nSPS) is 27.0. The molecular formula is C28H29N3O. The maximum atomic E-state index is 13.8. The quantitative estimate of drug-likeness (QED) is 0.593. The first-order chi connectivity index (χ1) is 15.7. The molecule has 0 bridgehead atoms. The molecule has 0 aliphatic carbocycles. The van der Waals surface area contributed by atoms with Crippen molar-refractivity contribution in [2.75, 3.05) is 13.1 Å². The molecule has 162 valence electrons. The van der Waals surface area contributed by atoms with Crippen molar-refractivity contribution in [3.8, 4) is 11.1 Å². The van der Waals surface area contributed by atoms with Gasteiger partial charge in [0.2, 0.25) is 5.91 Å². The van der Waals surface area contributed by atoms with Crippen molar-refractivity contribution in [1.29, 1.82) is 0 Å². The van der Waals surface area contributed by atoms with Gasteiger partial charge < -0.3 is 4.90 Å². The Bertz CT molecular complexity index is 1160. The molecule has 3 atom stereocenters. The molecule has 3 aliphatic rings. The molecule has 1 spiro atoms. The molecule has 0 saturated carbocycles. The minimum atomic E-state index is -0.300. The second-order valence-electron chi connectivity index (χ2n) is 9.66. The summed E-state index contributed by atoms with van der Waals surface area (Å²) in [4.78, 5) is 22.6. The summed E-state index contributed by atoms with van der Waals surface area (Å²) in [5.41, 5.74) is 6.04. The number of nitrogens with zero attached hydrogens (tertiary/aromatic N) is 3. The fourth-order valence-corrected chi connectivity index (χ4v) is 6.55. The summed E-state index contributed by atoms with van der Waals surface area (Å²) in [6.07, 6.45) is 6.83. The van der Waals surface area contributed by atoms with E-state index >= 15 is 0 Å². The molecule has 3 fully saturated rings. The first-order valence-electron chi connectivity index (χ1n) is 11.8. The number of likely N-dealkylation sites (tertiary alicyclic amines) is 1. The first kappa shape index (κ1) is 19.7. The predicted octanol–water partition coefficient (Wildman–Crippen LogP) is 5.00. The molecule has 3 aliphatic heterocycles. The van der Waals surface area contributed by atoms with E-state index in [2.05, 4.69) is 76.3 Å². The number of rotatable bonds is 4. The van der Waals surface area contributed by atoms with Crippen LogP contribution >= 0.6 is 0 Å². The van der Waals surface area contributed by atoms with Crippen LogP contribution in [0, 0.1) is 12.8 Å². The Balaban J connectivity index is 1.30. The van der Waals surface area contributed by atoms with Crippen molar-refractivity contribution in [1.82, 2.24) is 14.8 Å². The van der Waals surface area contributed by atoms with E-state index in [0.29, 0.717) is 24.4 Å². The molecule has 0 radical (unpaired) electrons. The van der Waals surface area contributed by atoms with Crippen LogP contribution in [0.5, 0.6) is 0 Å². The Morgan fingerprint density at radius 3 is 2.84 bits per heavy atom. The zero-order chi connectivity index (χ0) is 21.7. The van der Waals surface area contributed by atoms with Crippen molar-refractivity contribution in [3.05, 3.63) is 89.7 Å². The van der Waals surface area contributed by atoms with Gasteiger partial charge in [-0.15, -0.1) is 0 Å². The van der Waals surface area contributed by atoms with Gasteiger partial charge in [0.25, 0.3) is 0 Å². The third kappa shape index (κ3) is 2.93. The monoisotopic (exact) mass is 423 g/mol. The summed E-state index contributed by atoms with van der Waals surface area (Å²) in [6, 6.07) is 21.9. The molecule has 4 heterocycles. The third-order valence-electron chi connectivity index (χ3n) is 7.95. The molecule has 6 rings (SSSR count). The minimum Gasteiger partial charge on any atom is -0.336 e. The second-order valence-corrected chi connectivity index (χ2v) is 9.66. The smallest absolute Gasteiger partial charge is 0.243 e.